The molecule has 0 bridgehead atoms. The maximum atomic E-state index is 9.35. The van der Waals surface area contributed by atoms with Gasteiger partial charge in [-0.15, -0.1) is 0 Å². The third kappa shape index (κ3) is 1.98. The lowest BCUT2D eigenvalue weighted by molar-refractivity contribution is -0.287. The molecule has 1 rings (SSSR count). The van der Waals surface area contributed by atoms with Gasteiger partial charge in [-0.3, -0.25) is 0 Å². The first-order chi connectivity index (χ1) is 6.11. The van der Waals surface area contributed by atoms with Crippen LogP contribution >= 0.6 is 0 Å². The fraction of sp³-hybridized carbons (Fsp3) is 1.00. The molecule has 0 spiro atoms. The number of nitrogens with two attached hydrogens (primary N) is 1. The highest BCUT2D eigenvalue weighted by atomic mass is 16.7. The van der Waals surface area contributed by atoms with E-state index in [-0.39, 0.29) is 6.54 Å². The number of rotatable bonds is 2. The Balaban J connectivity index is 2.66. The molecule has 0 aliphatic carbocycles. The average Bonchev–Trinajstić information content (AvgIpc) is 2.15. The second-order valence-corrected chi connectivity index (χ2v) is 2.99. The van der Waals surface area contributed by atoms with Crippen LogP contribution in [0.2, 0.25) is 0 Å². The van der Waals surface area contributed by atoms with Crippen LogP contribution in [0.4, 0.5) is 0 Å². The van der Waals surface area contributed by atoms with Crippen molar-refractivity contribution in [1.29, 1.82) is 0 Å². The Morgan fingerprint density at radius 2 is 1.85 bits per heavy atom. The molecule has 0 aromatic rings. The van der Waals surface area contributed by atoms with Gasteiger partial charge in [0.1, 0.15) is 24.4 Å². The second kappa shape index (κ2) is 4.32. The van der Waals surface area contributed by atoms with Crippen LogP contribution in [0.1, 0.15) is 0 Å². The van der Waals surface area contributed by atoms with Gasteiger partial charge in [-0.1, -0.05) is 0 Å². The van der Waals surface area contributed by atoms with Gasteiger partial charge >= 0.3 is 0 Å². The van der Waals surface area contributed by atoms with Gasteiger partial charge in [0.2, 0.25) is 0 Å². The van der Waals surface area contributed by atoms with Gasteiger partial charge in [0.25, 0.3) is 0 Å². The summed E-state index contributed by atoms with van der Waals surface area (Å²) >= 11 is 0. The number of methoxy groups -OCH3 is 1. The second-order valence-electron chi connectivity index (χ2n) is 2.99. The first kappa shape index (κ1) is 10.8. The maximum Gasteiger partial charge on any atom is 0.186 e. The zero-order valence-electron chi connectivity index (χ0n) is 7.33. The van der Waals surface area contributed by atoms with E-state index in [1.165, 1.54) is 7.11 Å². The number of aliphatic hydroxyl groups excluding tert-OH is 3. The molecule has 5 atom stereocenters. The van der Waals surface area contributed by atoms with Gasteiger partial charge in [-0.05, 0) is 0 Å². The van der Waals surface area contributed by atoms with E-state index in [1.54, 1.807) is 0 Å². The summed E-state index contributed by atoms with van der Waals surface area (Å²) in [6, 6.07) is 0. The Morgan fingerprint density at radius 3 is 2.31 bits per heavy atom. The van der Waals surface area contributed by atoms with Crippen LogP contribution in [-0.4, -0.2) is 59.7 Å². The van der Waals surface area contributed by atoms with Crippen LogP contribution in [0.15, 0.2) is 0 Å². The normalized spacial score (nSPS) is 46.4. The summed E-state index contributed by atoms with van der Waals surface area (Å²) in [4.78, 5) is 0. The highest BCUT2D eigenvalue weighted by Crippen LogP contribution is 2.20. The van der Waals surface area contributed by atoms with Crippen LogP contribution in [0.5, 0.6) is 0 Å². The summed E-state index contributed by atoms with van der Waals surface area (Å²) in [7, 11) is 1.34. The number of aliphatic hydroxyl groups is 3. The molecule has 1 fully saturated rings. The van der Waals surface area contributed by atoms with Crippen LogP contribution in [0.3, 0.4) is 0 Å². The van der Waals surface area contributed by atoms with Crippen molar-refractivity contribution in [2.75, 3.05) is 13.7 Å². The first-order valence-electron chi connectivity index (χ1n) is 4.04. The Labute approximate surface area is 75.9 Å². The molecule has 0 saturated carbocycles. The zero-order chi connectivity index (χ0) is 10.0. The van der Waals surface area contributed by atoms with E-state index in [1.807, 2.05) is 0 Å². The van der Waals surface area contributed by atoms with E-state index < -0.39 is 30.7 Å². The minimum atomic E-state index is -1.28. The Bertz CT molecular complexity index is 147. The van der Waals surface area contributed by atoms with Gasteiger partial charge in [0, 0.05) is 13.7 Å². The van der Waals surface area contributed by atoms with Crippen molar-refractivity contribution in [2.45, 2.75) is 30.7 Å². The molecular formula is C7H15NO5. The van der Waals surface area contributed by atoms with Gasteiger partial charge in [0.05, 0.1) is 0 Å². The quantitative estimate of drug-likeness (QED) is 0.383. The van der Waals surface area contributed by atoms with Crippen molar-refractivity contribution >= 4 is 0 Å². The minimum Gasteiger partial charge on any atom is -0.388 e. The summed E-state index contributed by atoms with van der Waals surface area (Å²) in [5.41, 5.74) is 5.28. The van der Waals surface area contributed by atoms with Gasteiger partial charge in [0.15, 0.2) is 6.29 Å². The molecule has 0 aromatic carbocycles. The van der Waals surface area contributed by atoms with Crippen molar-refractivity contribution in [3.05, 3.63) is 0 Å². The summed E-state index contributed by atoms with van der Waals surface area (Å²) in [5, 5.41) is 28.0. The lowest BCUT2D eigenvalue weighted by Crippen LogP contribution is -2.59. The molecule has 1 aliphatic heterocycles. The fourth-order valence-electron chi connectivity index (χ4n) is 1.31. The van der Waals surface area contributed by atoms with Crippen LogP contribution in [0, 0.1) is 0 Å². The van der Waals surface area contributed by atoms with Crippen LogP contribution in [-0.2, 0) is 9.47 Å². The van der Waals surface area contributed by atoms with Gasteiger partial charge in [-0.25, -0.2) is 0 Å². The van der Waals surface area contributed by atoms with E-state index in [0.29, 0.717) is 0 Å². The van der Waals surface area contributed by atoms with Crippen LogP contribution in [0.25, 0.3) is 0 Å². The largest absolute Gasteiger partial charge is 0.388 e. The summed E-state index contributed by atoms with van der Waals surface area (Å²) < 4.78 is 9.83. The van der Waals surface area contributed by atoms with Crippen LogP contribution < -0.4 is 5.73 Å². The Hall–Kier alpha value is -0.240. The lowest BCUT2D eigenvalue weighted by Gasteiger charge is -2.39. The molecule has 1 saturated heterocycles. The third-order valence-electron chi connectivity index (χ3n) is 2.13. The average molecular weight is 193 g/mol. The molecule has 1 aliphatic rings. The van der Waals surface area contributed by atoms with Crippen molar-refractivity contribution in [2.24, 2.45) is 5.73 Å². The molecular weight excluding hydrogens is 178 g/mol. The molecule has 6 heteroatoms. The molecule has 1 heterocycles. The molecule has 0 aromatic heterocycles. The van der Waals surface area contributed by atoms with Gasteiger partial charge < -0.3 is 30.5 Å². The monoisotopic (exact) mass is 193 g/mol. The topological polar surface area (TPSA) is 105 Å². The molecule has 78 valence electrons. The SMILES string of the molecule is CO[C@@H]1OC(CN)[C@@H](O)[C@H](O)C1O. The van der Waals surface area contributed by atoms with Gasteiger partial charge in [-0.2, -0.15) is 0 Å². The fourth-order valence-corrected chi connectivity index (χ4v) is 1.31. The van der Waals surface area contributed by atoms with E-state index in [2.05, 4.69) is 0 Å². The number of ether oxygens (including phenoxy) is 2. The smallest absolute Gasteiger partial charge is 0.186 e. The standard InChI is InChI=1S/C7H15NO5/c1-12-7-6(11)5(10)4(9)3(2-8)13-7/h3-7,9-11H,2,8H2,1H3/t3?,4-,5+,6?,7-/m1/s1. The summed E-state index contributed by atoms with van der Waals surface area (Å²) in [6.45, 7) is 0.0603. The maximum absolute atomic E-state index is 9.35. The zero-order valence-corrected chi connectivity index (χ0v) is 7.33. The molecule has 0 amide bonds. The first-order valence-corrected chi connectivity index (χ1v) is 4.04. The molecule has 0 radical (unpaired) electrons. The highest BCUT2D eigenvalue weighted by molar-refractivity contribution is 4.89. The molecule has 5 N–H and O–H groups in total. The van der Waals surface area contributed by atoms with E-state index >= 15 is 0 Å². The minimum absolute atomic E-state index is 0.0603. The molecule has 13 heavy (non-hydrogen) atoms. The van der Waals surface area contributed by atoms with Crippen molar-refractivity contribution < 1.29 is 24.8 Å². The lowest BCUT2D eigenvalue weighted by atomic mass is 9.99. The summed E-state index contributed by atoms with van der Waals surface area (Å²) in [5.74, 6) is 0. The Morgan fingerprint density at radius 1 is 1.23 bits per heavy atom. The predicted molar refractivity (Wildman–Crippen MR) is 42.7 cm³/mol. The van der Waals surface area contributed by atoms with Crippen molar-refractivity contribution in [3.63, 3.8) is 0 Å². The van der Waals surface area contributed by atoms with E-state index in [0.717, 1.165) is 0 Å². The van der Waals surface area contributed by atoms with Crippen molar-refractivity contribution in [3.8, 4) is 0 Å². The van der Waals surface area contributed by atoms with Crippen molar-refractivity contribution in [1.82, 2.24) is 0 Å². The Kier molecular flexibility index (Phi) is 3.60. The van der Waals surface area contributed by atoms with E-state index in [9.17, 15) is 15.3 Å². The summed E-state index contributed by atoms with van der Waals surface area (Å²) in [6.07, 6.45) is -5.35. The number of hydrogen-bond donors (Lipinski definition) is 4. The van der Waals surface area contributed by atoms with E-state index in [4.69, 9.17) is 15.2 Å². The molecule has 2 unspecified atom stereocenters. The predicted octanol–water partition coefficient (Wildman–Crippen LogP) is -2.60. The molecule has 6 nitrogen and oxygen atoms in total. The number of hydrogen-bond acceptors (Lipinski definition) is 6. The third-order valence-corrected chi connectivity index (χ3v) is 2.13. The highest BCUT2D eigenvalue weighted by Gasteiger charge is 2.43.